The van der Waals surface area contributed by atoms with Gasteiger partial charge in [0.1, 0.15) is 5.82 Å². The van der Waals surface area contributed by atoms with E-state index < -0.39 is 0 Å². The van der Waals surface area contributed by atoms with Crippen LogP contribution >= 0.6 is 31.9 Å². The van der Waals surface area contributed by atoms with Gasteiger partial charge in [-0.1, -0.05) is 15.9 Å². The fourth-order valence-corrected chi connectivity index (χ4v) is 1.98. The summed E-state index contributed by atoms with van der Waals surface area (Å²) in [6.07, 6.45) is 3.34. The lowest BCUT2D eigenvalue weighted by Gasteiger charge is -2.09. The van der Waals surface area contributed by atoms with E-state index in [4.69, 9.17) is 0 Å². The minimum absolute atomic E-state index is 0.690. The summed E-state index contributed by atoms with van der Waals surface area (Å²) in [7, 11) is 1.81. The Labute approximate surface area is 116 Å². The largest absolute Gasteiger partial charge is 0.372 e. The van der Waals surface area contributed by atoms with Gasteiger partial charge in [-0.15, -0.1) is 0 Å². The van der Waals surface area contributed by atoms with Gasteiger partial charge in [-0.2, -0.15) is 0 Å². The predicted octanol–water partition coefficient (Wildman–Crippen LogP) is 3.79. The molecule has 4 nitrogen and oxygen atoms in total. The van der Waals surface area contributed by atoms with E-state index in [2.05, 4.69) is 52.5 Å². The fraction of sp³-hybridized carbons (Fsp3) is 0.0909. The molecular formula is C11H10Br2N4. The van der Waals surface area contributed by atoms with Crippen LogP contribution in [0.1, 0.15) is 0 Å². The Morgan fingerprint density at radius 2 is 1.88 bits per heavy atom. The third-order valence-corrected chi connectivity index (χ3v) is 3.27. The second kappa shape index (κ2) is 5.46. The first-order valence-corrected chi connectivity index (χ1v) is 6.49. The number of anilines is 3. The smallest absolute Gasteiger partial charge is 0.151 e. The van der Waals surface area contributed by atoms with Crippen LogP contribution in [0, 0.1) is 0 Å². The molecule has 2 N–H and O–H groups in total. The fourth-order valence-electron chi connectivity index (χ4n) is 1.28. The van der Waals surface area contributed by atoms with Gasteiger partial charge in [-0.05, 0) is 34.1 Å². The summed E-state index contributed by atoms with van der Waals surface area (Å²) in [5, 5.41) is 6.14. The van der Waals surface area contributed by atoms with E-state index in [1.165, 1.54) is 0 Å². The van der Waals surface area contributed by atoms with E-state index in [1.807, 2.05) is 25.2 Å². The van der Waals surface area contributed by atoms with E-state index in [-0.39, 0.29) is 0 Å². The normalized spacial score (nSPS) is 10.1. The quantitative estimate of drug-likeness (QED) is 0.877. The highest BCUT2D eigenvalue weighted by Crippen LogP contribution is 2.28. The van der Waals surface area contributed by atoms with E-state index in [9.17, 15) is 0 Å². The molecule has 0 atom stereocenters. The second-order valence-electron chi connectivity index (χ2n) is 3.29. The van der Waals surface area contributed by atoms with Crippen molar-refractivity contribution in [1.29, 1.82) is 0 Å². The summed E-state index contributed by atoms with van der Waals surface area (Å²) in [6.45, 7) is 0. The van der Waals surface area contributed by atoms with Crippen LogP contribution in [-0.2, 0) is 0 Å². The van der Waals surface area contributed by atoms with Crippen LogP contribution in [0.15, 0.2) is 39.5 Å². The maximum absolute atomic E-state index is 4.34. The monoisotopic (exact) mass is 356 g/mol. The van der Waals surface area contributed by atoms with Crippen LogP contribution in [-0.4, -0.2) is 17.0 Å². The SMILES string of the molecule is CNc1cncc(Nc2cc(Br)ccc2Br)n1. The maximum Gasteiger partial charge on any atom is 0.151 e. The van der Waals surface area contributed by atoms with Crippen molar-refractivity contribution < 1.29 is 0 Å². The minimum Gasteiger partial charge on any atom is -0.372 e. The van der Waals surface area contributed by atoms with Crippen LogP contribution in [0.5, 0.6) is 0 Å². The van der Waals surface area contributed by atoms with Crippen molar-refractivity contribution in [2.24, 2.45) is 0 Å². The molecule has 2 aromatic rings. The summed E-state index contributed by atoms with van der Waals surface area (Å²) in [5.74, 6) is 1.41. The number of hydrogen-bond donors (Lipinski definition) is 2. The first kappa shape index (κ1) is 12.3. The van der Waals surface area contributed by atoms with Gasteiger partial charge in [0.25, 0.3) is 0 Å². The molecule has 88 valence electrons. The second-order valence-corrected chi connectivity index (χ2v) is 5.06. The zero-order chi connectivity index (χ0) is 12.3. The molecule has 1 heterocycles. The number of aromatic nitrogens is 2. The van der Waals surface area contributed by atoms with E-state index in [1.54, 1.807) is 12.4 Å². The molecule has 0 radical (unpaired) electrons. The number of rotatable bonds is 3. The molecule has 1 aromatic carbocycles. The van der Waals surface area contributed by atoms with Crippen LogP contribution in [0.3, 0.4) is 0 Å². The van der Waals surface area contributed by atoms with E-state index >= 15 is 0 Å². The van der Waals surface area contributed by atoms with E-state index in [0.29, 0.717) is 5.82 Å². The lowest BCUT2D eigenvalue weighted by Crippen LogP contribution is -1.99. The molecule has 0 bridgehead atoms. The molecule has 0 aliphatic heterocycles. The Balaban J connectivity index is 2.27. The number of halogens is 2. The molecular weight excluding hydrogens is 348 g/mol. The molecule has 1 aromatic heterocycles. The molecule has 0 aliphatic carbocycles. The molecule has 0 saturated heterocycles. The summed E-state index contributed by atoms with van der Waals surface area (Å²) in [4.78, 5) is 8.43. The first-order valence-electron chi connectivity index (χ1n) is 4.91. The standard InChI is InChI=1S/C11H10Br2N4/c1-14-10-5-15-6-11(17-10)16-9-4-7(12)2-3-8(9)13/h2-6H,1H3,(H2,14,16,17). The highest BCUT2D eigenvalue weighted by molar-refractivity contribution is 9.11. The molecule has 0 fully saturated rings. The van der Waals surface area contributed by atoms with Crippen molar-refractivity contribution in [3.63, 3.8) is 0 Å². The minimum atomic E-state index is 0.690. The van der Waals surface area contributed by atoms with Gasteiger partial charge in [0.05, 0.1) is 18.1 Å². The number of nitrogens with one attached hydrogen (secondary N) is 2. The first-order chi connectivity index (χ1) is 8.19. The lowest BCUT2D eigenvalue weighted by molar-refractivity contribution is 1.18. The van der Waals surface area contributed by atoms with Crippen LogP contribution in [0.4, 0.5) is 17.3 Å². The third kappa shape index (κ3) is 3.17. The molecule has 0 amide bonds. The summed E-state index contributed by atoms with van der Waals surface area (Å²) >= 11 is 6.90. The molecule has 17 heavy (non-hydrogen) atoms. The Hall–Kier alpha value is -1.14. The zero-order valence-electron chi connectivity index (χ0n) is 9.04. The highest BCUT2D eigenvalue weighted by atomic mass is 79.9. The van der Waals surface area contributed by atoms with E-state index in [0.717, 1.165) is 20.5 Å². The van der Waals surface area contributed by atoms with Crippen LogP contribution < -0.4 is 10.6 Å². The molecule has 0 unspecified atom stereocenters. The topological polar surface area (TPSA) is 49.8 Å². The molecule has 6 heteroatoms. The predicted molar refractivity (Wildman–Crippen MR) is 76.7 cm³/mol. The zero-order valence-corrected chi connectivity index (χ0v) is 12.2. The average molecular weight is 358 g/mol. The Bertz CT molecular complexity index is 531. The molecule has 2 rings (SSSR count). The Morgan fingerprint density at radius 3 is 2.65 bits per heavy atom. The summed E-state index contributed by atoms with van der Waals surface area (Å²) in [5.41, 5.74) is 0.932. The number of benzene rings is 1. The van der Waals surface area contributed by atoms with Gasteiger partial charge in [0.2, 0.25) is 0 Å². The maximum atomic E-state index is 4.34. The molecule has 0 aliphatic rings. The Kier molecular flexibility index (Phi) is 3.96. The van der Waals surface area contributed by atoms with Crippen molar-refractivity contribution >= 4 is 49.2 Å². The summed E-state index contributed by atoms with van der Waals surface area (Å²) < 4.78 is 1.97. The van der Waals surface area contributed by atoms with Crippen molar-refractivity contribution in [2.45, 2.75) is 0 Å². The van der Waals surface area contributed by atoms with Crippen molar-refractivity contribution in [3.05, 3.63) is 39.5 Å². The van der Waals surface area contributed by atoms with Crippen LogP contribution in [0.2, 0.25) is 0 Å². The van der Waals surface area contributed by atoms with Crippen LogP contribution in [0.25, 0.3) is 0 Å². The van der Waals surface area contributed by atoms with Gasteiger partial charge >= 0.3 is 0 Å². The average Bonchev–Trinajstić information content (AvgIpc) is 2.34. The van der Waals surface area contributed by atoms with Crippen molar-refractivity contribution in [2.75, 3.05) is 17.7 Å². The van der Waals surface area contributed by atoms with Gasteiger partial charge in [-0.25, -0.2) is 4.98 Å². The van der Waals surface area contributed by atoms with Crippen molar-refractivity contribution in [1.82, 2.24) is 9.97 Å². The molecule has 0 saturated carbocycles. The van der Waals surface area contributed by atoms with Gasteiger partial charge < -0.3 is 10.6 Å². The van der Waals surface area contributed by atoms with Gasteiger partial charge in [0, 0.05) is 16.0 Å². The van der Waals surface area contributed by atoms with Gasteiger partial charge in [0.15, 0.2) is 5.82 Å². The Morgan fingerprint density at radius 1 is 1.12 bits per heavy atom. The van der Waals surface area contributed by atoms with Crippen molar-refractivity contribution in [3.8, 4) is 0 Å². The lowest BCUT2D eigenvalue weighted by atomic mass is 10.3. The molecule has 0 spiro atoms. The third-order valence-electron chi connectivity index (χ3n) is 2.08. The number of nitrogens with zero attached hydrogens (tertiary/aromatic N) is 2. The van der Waals surface area contributed by atoms with Gasteiger partial charge in [-0.3, -0.25) is 4.98 Å². The summed E-state index contributed by atoms with van der Waals surface area (Å²) in [6, 6.07) is 5.89. The highest BCUT2D eigenvalue weighted by Gasteiger charge is 2.03. The number of hydrogen-bond acceptors (Lipinski definition) is 4.